The number of phenolic OH excluding ortho intramolecular Hbond substituents is 1. The Morgan fingerprint density at radius 3 is 2.19 bits per heavy atom. The summed E-state index contributed by atoms with van der Waals surface area (Å²) < 4.78 is 0. The Morgan fingerprint density at radius 1 is 1.10 bits per heavy atom. The lowest BCUT2D eigenvalue weighted by atomic mass is 10.1. The van der Waals surface area contributed by atoms with E-state index in [9.17, 15) is 14.7 Å². The van der Waals surface area contributed by atoms with E-state index in [4.69, 9.17) is 5.73 Å². The molecule has 6 heteroatoms. The Balaban J connectivity index is 2.50. The Morgan fingerprint density at radius 2 is 1.67 bits per heavy atom. The van der Waals surface area contributed by atoms with Gasteiger partial charge in [-0.15, -0.1) is 0 Å². The number of carbonyl (C=O) groups is 2. The van der Waals surface area contributed by atoms with Crippen molar-refractivity contribution < 1.29 is 14.7 Å². The van der Waals surface area contributed by atoms with Crippen LogP contribution in [0.15, 0.2) is 24.3 Å². The maximum Gasteiger partial charge on any atom is 0.242 e. The topological polar surface area (TPSA) is 104 Å². The number of benzene rings is 1. The predicted molar refractivity (Wildman–Crippen MR) is 80.7 cm³/mol. The van der Waals surface area contributed by atoms with E-state index in [0.717, 1.165) is 5.56 Å². The van der Waals surface area contributed by atoms with E-state index in [1.807, 2.05) is 13.8 Å². The van der Waals surface area contributed by atoms with E-state index in [1.54, 1.807) is 31.2 Å². The summed E-state index contributed by atoms with van der Waals surface area (Å²) in [6.45, 7) is 5.31. The van der Waals surface area contributed by atoms with Crippen LogP contribution in [0.2, 0.25) is 0 Å². The van der Waals surface area contributed by atoms with Crippen LogP contribution in [0, 0.1) is 0 Å². The van der Waals surface area contributed by atoms with Crippen LogP contribution < -0.4 is 16.4 Å². The molecule has 0 saturated heterocycles. The van der Waals surface area contributed by atoms with E-state index in [1.165, 1.54) is 0 Å². The highest BCUT2D eigenvalue weighted by Gasteiger charge is 2.20. The SMILES string of the molecule is CC(C)NC(=O)C(C)NC(=O)C(N)Cc1ccc(O)cc1. The van der Waals surface area contributed by atoms with Gasteiger partial charge >= 0.3 is 0 Å². The molecule has 5 N–H and O–H groups in total. The van der Waals surface area contributed by atoms with Gasteiger partial charge in [-0.1, -0.05) is 12.1 Å². The van der Waals surface area contributed by atoms with Gasteiger partial charge in [0.25, 0.3) is 0 Å². The molecule has 116 valence electrons. The van der Waals surface area contributed by atoms with Crippen molar-refractivity contribution in [3.8, 4) is 5.75 Å². The molecule has 2 atom stereocenters. The quantitative estimate of drug-likeness (QED) is 0.605. The molecule has 0 aliphatic carbocycles. The third-order valence-corrected chi connectivity index (χ3v) is 2.91. The van der Waals surface area contributed by atoms with Crippen molar-refractivity contribution in [2.45, 2.75) is 45.3 Å². The summed E-state index contributed by atoms with van der Waals surface area (Å²) in [5.41, 5.74) is 6.67. The summed E-state index contributed by atoms with van der Waals surface area (Å²) in [6, 6.07) is 5.13. The van der Waals surface area contributed by atoms with Crippen LogP contribution in [0.1, 0.15) is 26.3 Å². The number of aromatic hydroxyl groups is 1. The number of amides is 2. The number of hydrogen-bond acceptors (Lipinski definition) is 4. The lowest BCUT2D eigenvalue weighted by Crippen LogP contribution is -2.51. The molecule has 0 aliphatic rings. The van der Waals surface area contributed by atoms with Crippen LogP contribution in [-0.2, 0) is 16.0 Å². The van der Waals surface area contributed by atoms with Crippen LogP contribution in [0.25, 0.3) is 0 Å². The number of carbonyl (C=O) groups excluding carboxylic acids is 2. The summed E-state index contributed by atoms with van der Waals surface area (Å²) in [7, 11) is 0. The van der Waals surface area contributed by atoms with Crippen LogP contribution in [0.4, 0.5) is 0 Å². The third kappa shape index (κ3) is 5.83. The van der Waals surface area contributed by atoms with Gasteiger partial charge in [0.1, 0.15) is 11.8 Å². The normalized spacial score (nSPS) is 13.6. The molecule has 21 heavy (non-hydrogen) atoms. The molecule has 0 aromatic heterocycles. The van der Waals surface area contributed by atoms with Gasteiger partial charge in [-0.25, -0.2) is 0 Å². The second-order valence-electron chi connectivity index (χ2n) is 5.37. The third-order valence-electron chi connectivity index (χ3n) is 2.91. The Bertz CT molecular complexity index is 485. The van der Waals surface area contributed by atoms with Gasteiger partial charge < -0.3 is 21.5 Å². The Labute approximate surface area is 124 Å². The zero-order chi connectivity index (χ0) is 16.0. The van der Waals surface area contributed by atoms with Crippen molar-refractivity contribution in [1.29, 1.82) is 0 Å². The molecule has 2 unspecified atom stereocenters. The Kier molecular flexibility index (Phi) is 6.17. The van der Waals surface area contributed by atoms with Crippen LogP contribution in [0.5, 0.6) is 5.75 Å². The molecule has 0 saturated carbocycles. The van der Waals surface area contributed by atoms with Crippen LogP contribution >= 0.6 is 0 Å². The van der Waals surface area contributed by atoms with Crippen molar-refractivity contribution >= 4 is 11.8 Å². The maximum atomic E-state index is 11.9. The minimum atomic E-state index is -0.746. The zero-order valence-electron chi connectivity index (χ0n) is 12.6. The summed E-state index contributed by atoms with van der Waals surface area (Å²) in [5, 5.41) is 14.5. The molecule has 1 rings (SSSR count). The number of nitrogens with two attached hydrogens (primary N) is 1. The molecule has 0 radical (unpaired) electrons. The lowest BCUT2D eigenvalue weighted by Gasteiger charge is -2.18. The van der Waals surface area contributed by atoms with Crippen molar-refractivity contribution in [3.05, 3.63) is 29.8 Å². The smallest absolute Gasteiger partial charge is 0.242 e. The van der Waals surface area contributed by atoms with E-state index in [2.05, 4.69) is 10.6 Å². The second-order valence-corrected chi connectivity index (χ2v) is 5.37. The van der Waals surface area contributed by atoms with Crippen molar-refractivity contribution in [3.63, 3.8) is 0 Å². The summed E-state index contributed by atoms with van der Waals surface area (Å²) in [4.78, 5) is 23.7. The van der Waals surface area contributed by atoms with E-state index < -0.39 is 12.1 Å². The molecule has 1 aromatic carbocycles. The maximum absolute atomic E-state index is 11.9. The molecular weight excluding hydrogens is 270 g/mol. The predicted octanol–water partition coefficient (Wildman–Crippen LogP) is 0.291. The highest BCUT2D eigenvalue weighted by Crippen LogP contribution is 2.10. The first kappa shape index (κ1) is 17.0. The summed E-state index contributed by atoms with van der Waals surface area (Å²) in [6.07, 6.45) is 0.338. The molecule has 6 nitrogen and oxygen atoms in total. The van der Waals surface area contributed by atoms with Gasteiger partial charge in [0.15, 0.2) is 0 Å². The van der Waals surface area contributed by atoms with Crippen molar-refractivity contribution in [2.24, 2.45) is 5.73 Å². The summed E-state index contributed by atoms with van der Waals surface area (Å²) in [5.74, 6) is -0.458. The number of hydrogen-bond donors (Lipinski definition) is 4. The first-order valence-electron chi connectivity index (χ1n) is 6.94. The molecule has 2 amide bonds. The van der Waals surface area contributed by atoms with Gasteiger partial charge in [0.2, 0.25) is 11.8 Å². The van der Waals surface area contributed by atoms with Crippen LogP contribution in [-0.4, -0.2) is 35.0 Å². The first-order chi connectivity index (χ1) is 9.79. The molecular formula is C15H23N3O3. The number of nitrogens with one attached hydrogen (secondary N) is 2. The molecule has 0 spiro atoms. The molecule has 1 aromatic rings. The minimum absolute atomic E-state index is 0.0162. The number of phenols is 1. The minimum Gasteiger partial charge on any atom is -0.508 e. The average molecular weight is 293 g/mol. The highest BCUT2D eigenvalue weighted by atomic mass is 16.3. The van der Waals surface area contributed by atoms with E-state index >= 15 is 0 Å². The lowest BCUT2D eigenvalue weighted by molar-refractivity contribution is -0.129. The fraction of sp³-hybridized carbons (Fsp3) is 0.467. The number of rotatable bonds is 6. The largest absolute Gasteiger partial charge is 0.508 e. The monoisotopic (exact) mass is 293 g/mol. The van der Waals surface area contributed by atoms with Gasteiger partial charge in [-0.2, -0.15) is 0 Å². The van der Waals surface area contributed by atoms with Crippen molar-refractivity contribution in [2.75, 3.05) is 0 Å². The fourth-order valence-corrected chi connectivity index (χ4v) is 1.77. The summed E-state index contributed by atoms with van der Waals surface area (Å²) >= 11 is 0. The van der Waals surface area contributed by atoms with Crippen molar-refractivity contribution in [1.82, 2.24) is 10.6 Å². The Hall–Kier alpha value is -2.08. The highest BCUT2D eigenvalue weighted by molar-refractivity contribution is 5.89. The molecule has 0 bridgehead atoms. The second kappa shape index (κ2) is 7.64. The zero-order valence-corrected chi connectivity index (χ0v) is 12.6. The molecule has 0 aliphatic heterocycles. The van der Waals surface area contributed by atoms with E-state index in [-0.39, 0.29) is 23.6 Å². The first-order valence-corrected chi connectivity index (χ1v) is 6.94. The molecule has 0 fully saturated rings. The van der Waals surface area contributed by atoms with Gasteiger partial charge in [-0.3, -0.25) is 9.59 Å². The average Bonchev–Trinajstić information content (AvgIpc) is 2.40. The fourth-order valence-electron chi connectivity index (χ4n) is 1.77. The van der Waals surface area contributed by atoms with Gasteiger partial charge in [-0.05, 0) is 44.9 Å². The van der Waals surface area contributed by atoms with E-state index in [0.29, 0.717) is 6.42 Å². The van der Waals surface area contributed by atoms with Gasteiger partial charge in [0, 0.05) is 6.04 Å². The van der Waals surface area contributed by atoms with Gasteiger partial charge in [0.05, 0.1) is 6.04 Å². The van der Waals surface area contributed by atoms with Crippen LogP contribution in [0.3, 0.4) is 0 Å². The molecule has 0 heterocycles. The standard InChI is InChI=1S/C15H23N3O3/c1-9(2)17-14(20)10(3)18-15(21)13(16)8-11-4-6-12(19)7-5-11/h4-7,9-10,13,19H,8,16H2,1-3H3,(H,17,20)(H,18,21).